The van der Waals surface area contributed by atoms with E-state index in [1.54, 1.807) is 0 Å². The second kappa shape index (κ2) is 2.84. The highest BCUT2D eigenvalue weighted by Crippen LogP contribution is 2.36. The molecule has 2 nitrogen and oxygen atoms in total. The highest BCUT2D eigenvalue weighted by atomic mass is 16.5. The SMILES string of the molecule is O=C(C1CC1)C1Cc2ccccc2O1. The molecule has 1 unspecified atom stereocenters. The van der Waals surface area contributed by atoms with E-state index in [2.05, 4.69) is 0 Å². The number of rotatable bonds is 2. The fourth-order valence-electron chi connectivity index (χ4n) is 1.97. The maximum Gasteiger partial charge on any atom is 0.176 e. The molecule has 0 aromatic heterocycles. The topological polar surface area (TPSA) is 26.3 Å². The third-order valence-corrected chi connectivity index (χ3v) is 2.94. The minimum Gasteiger partial charge on any atom is -0.482 e. The number of benzene rings is 1. The second-order valence-corrected chi connectivity index (χ2v) is 4.09. The number of ether oxygens (including phenoxy) is 1. The average Bonchev–Trinajstić information content (AvgIpc) is 2.95. The molecule has 1 aromatic carbocycles. The van der Waals surface area contributed by atoms with Crippen molar-refractivity contribution in [2.75, 3.05) is 0 Å². The van der Waals surface area contributed by atoms with Gasteiger partial charge in [0.15, 0.2) is 11.9 Å². The van der Waals surface area contributed by atoms with Gasteiger partial charge in [-0.1, -0.05) is 18.2 Å². The van der Waals surface area contributed by atoms with Gasteiger partial charge in [-0.25, -0.2) is 0 Å². The van der Waals surface area contributed by atoms with Gasteiger partial charge in [0.05, 0.1) is 0 Å². The zero-order valence-electron chi connectivity index (χ0n) is 7.90. The van der Waals surface area contributed by atoms with Crippen LogP contribution in [-0.2, 0) is 11.2 Å². The maximum atomic E-state index is 11.8. The molecule has 0 amide bonds. The molecule has 0 saturated heterocycles. The molecule has 0 N–H and O–H groups in total. The van der Waals surface area contributed by atoms with E-state index in [1.165, 1.54) is 5.56 Å². The van der Waals surface area contributed by atoms with Crippen molar-refractivity contribution in [2.45, 2.75) is 25.4 Å². The van der Waals surface area contributed by atoms with Gasteiger partial charge in [-0.15, -0.1) is 0 Å². The quantitative estimate of drug-likeness (QED) is 0.709. The molecule has 1 aliphatic heterocycles. The summed E-state index contributed by atoms with van der Waals surface area (Å²) in [4.78, 5) is 11.8. The van der Waals surface area contributed by atoms with Gasteiger partial charge >= 0.3 is 0 Å². The molecule has 0 radical (unpaired) electrons. The van der Waals surface area contributed by atoms with Crippen molar-refractivity contribution in [3.8, 4) is 5.75 Å². The lowest BCUT2D eigenvalue weighted by atomic mass is 10.1. The molecule has 1 aromatic rings. The lowest BCUT2D eigenvalue weighted by Gasteiger charge is -2.07. The lowest BCUT2D eigenvalue weighted by molar-refractivity contribution is -0.126. The predicted octanol–water partition coefficient (Wildman–Crippen LogP) is 1.97. The first-order valence-corrected chi connectivity index (χ1v) is 5.13. The van der Waals surface area contributed by atoms with Crippen molar-refractivity contribution in [3.63, 3.8) is 0 Å². The molecule has 1 saturated carbocycles. The van der Waals surface area contributed by atoms with E-state index in [9.17, 15) is 4.79 Å². The molecule has 2 heteroatoms. The number of carbonyl (C=O) groups is 1. The van der Waals surface area contributed by atoms with Crippen LogP contribution in [0.25, 0.3) is 0 Å². The van der Waals surface area contributed by atoms with E-state index in [4.69, 9.17) is 4.74 Å². The van der Waals surface area contributed by atoms with Crippen molar-refractivity contribution < 1.29 is 9.53 Å². The number of hydrogen-bond donors (Lipinski definition) is 0. The molecule has 14 heavy (non-hydrogen) atoms. The predicted molar refractivity (Wildman–Crippen MR) is 52.3 cm³/mol. The van der Waals surface area contributed by atoms with E-state index in [0.717, 1.165) is 25.0 Å². The van der Waals surface area contributed by atoms with Gasteiger partial charge in [0.25, 0.3) is 0 Å². The number of ketones is 1. The zero-order chi connectivity index (χ0) is 9.54. The largest absolute Gasteiger partial charge is 0.482 e. The van der Waals surface area contributed by atoms with Gasteiger partial charge in [-0.05, 0) is 24.5 Å². The smallest absolute Gasteiger partial charge is 0.176 e. The third-order valence-electron chi connectivity index (χ3n) is 2.94. The fourth-order valence-corrected chi connectivity index (χ4v) is 1.97. The standard InChI is InChI=1S/C12H12O2/c13-12(8-5-6-8)11-7-9-3-1-2-4-10(9)14-11/h1-4,8,11H,5-7H2. The summed E-state index contributed by atoms with van der Waals surface area (Å²) in [5, 5.41) is 0. The van der Waals surface area contributed by atoms with Crippen LogP contribution in [0.1, 0.15) is 18.4 Å². The Kier molecular flexibility index (Phi) is 1.63. The Bertz CT molecular complexity index is 355. The second-order valence-electron chi connectivity index (χ2n) is 4.09. The monoisotopic (exact) mass is 188 g/mol. The minimum absolute atomic E-state index is 0.195. The van der Waals surface area contributed by atoms with Crippen LogP contribution in [0.3, 0.4) is 0 Å². The summed E-state index contributed by atoms with van der Waals surface area (Å²) < 4.78 is 5.62. The number of Topliss-reactive ketones (excluding diaryl/α,β-unsaturated/α-hetero) is 1. The summed E-state index contributed by atoms with van der Waals surface area (Å²) >= 11 is 0. The summed E-state index contributed by atoms with van der Waals surface area (Å²) in [6, 6.07) is 7.92. The van der Waals surface area contributed by atoms with Crippen LogP contribution < -0.4 is 4.74 Å². The van der Waals surface area contributed by atoms with Gasteiger partial charge < -0.3 is 4.74 Å². The molecule has 0 bridgehead atoms. The molecule has 1 atom stereocenters. The number of para-hydroxylation sites is 1. The van der Waals surface area contributed by atoms with Crippen LogP contribution >= 0.6 is 0 Å². The first-order valence-electron chi connectivity index (χ1n) is 5.13. The zero-order valence-corrected chi connectivity index (χ0v) is 7.90. The lowest BCUT2D eigenvalue weighted by Crippen LogP contribution is -2.26. The molecular formula is C12H12O2. The Balaban J connectivity index is 1.80. The van der Waals surface area contributed by atoms with Crippen LogP contribution in [-0.4, -0.2) is 11.9 Å². The van der Waals surface area contributed by atoms with Gasteiger partial charge in [0.1, 0.15) is 5.75 Å². The highest BCUT2D eigenvalue weighted by Gasteiger charge is 2.38. The van der Waals surface area contributed by atoms with E-state index >= 15 is 0 Å². The molecule has 0 spiro atoms. The molecular weight excluding hydrogens is 176 g/mol. The summed E-state index contributed by atoms with van der Waals surface area (Å²) in [6.07, 6.45) is 2.70. The van der Waals surface area contributed by atoms with Crippen LogP contribution in [0.15, 0.2) is 24.3 Å². The number of hydrogen-bond acceptors (Lipinski definition) is 2. The number of carbonyl (C=O) groups excluding carboxylic acids is 1. The Morgan fingerprint density at radius 1 is 1.29 bits per heavy atom. The molecule has 2 aliphatic rings. The van der Waals surface area contributed by atoms with Crippen LogP contribution in [0.4, 0.5) is 0 Å². The Morgan fingerprint density at radius 2 is 2.07 bits per heavy atom. The normalized spacial score (nSPS) is 24.1. The van der Waals surface area contributed by atoms with E-state index in [-0.39, 0.29) is 6.10 Å². The molecule has 3 rings (SSSR count). The summed E-state index contributed by atoms with van der Waals surface area (Å²) in [5.74, 6) is 1.50. The van der Waals surface area contributed by atoms with Crippen LogP contribution in [0.5, 0.6) is 5.75 Å². The van der Waals surface area contributed by atoms with Gasteiger partial charge in [-0.2, -0.15) is 0 Å². The van der Waals surface area contributed by atoms with Gasteiger partial charge in [0, 0.05) is 12.3 Å². The minimum atomic E-state index is -0.195. The summed E-state index contributed by atoms with van der Waals surface area (Å²) in [7, 11) is 0. The van der Waals surface area contributed by atoms with E-state index in [1.807, 2.05) is 24.3 Å². The van der Waals surface area contributed by atoms with Crippen LogP contribution in [0, 0.1) is 5.92 Å². The van der Waals surface area contributed by atoms with Gasteiger partial charge in [0.2, 0.25) is 0 Å². The molecule has 1 fully saturated rings. The van der Waals surface area contributed by atoms with Crippen molar-refractivity contribution in [3.05, 3.63) is 29.8 Å². The third kappa shape index (κ3) is 1.22. The Hall–Kier alpha value is -1.31. The molecule has 72 valence electrons. The maximum absolute atomic E-state index is 11.8. The van der Waals surface area contributed by atoms with E-state index in [0.29, 0.717) is 11.7 Å². The van der Waals surface area contributed by atoms with Crippen molar-refractivity contribution in [1.82, 2.24) is 0 Å². The molecule has 1 heterocycles. The first kappa shape index (κ1) is 8.04. The summed E-state index contributed by atoms with van der Waals surface area (Å²) in [6.45, 7) is 0. The van der Waals surface area contributed by atoms with Crippen LogP contribution in [0.2, 0.25) is 0 Å². The van der Waals surface area contributed by atoms with Crippen molar-refractivity contribution >= 4 is 5.78 Å². The first-order chi connectivity index (χ1) is 6.84. The van der Waals surface area contributed by atoms with Gasteiger partial charge in [-0.3, -0.25) is 4.79 Å². The fraction of sp³-hybridized carbons (Fsp3) is 0.417. The average molecular weight is 188 g/mol. The van der Waals surface area contributed by atoms with E-state index < -0.39 is 0 Å². The highest BCUT2D eigenvalue weighted by molar-refractivity contribution is 5.88. The Labute approximate surface area is 82.9 Å². The Morgan fingerprint density at radius 3 is 2.79 bits per heavy atom. The van der Waals surface area contributed by atoms with Crippen molar-refractivity contribution in [1.29, 1.82) is 0 Å². The summed E-state index contributed by atoms with van der Waals surface area (Å²) in [5.41, 5.74) is 1.17. The molecule has 1 aliphatic carbocycles. The number of fused-ring (bicyclic) bond motifs is 1. The van der Waals surface area contributed by atoms with Crippen molar-refractivity contribution in [2.24, 2.45) is 5.92 Å².